The van der Waals surface area contributed by atoms with Crippen molar-refractivity contribution in [3.05, 3.63) is 131 Å². The molecule has 1 aliphatic carbocycles. The fourth-order valence-corrected chi connectivity index (χ4v) is 7.23. The molecule has 274 valence electrons. The van der Waals surface area contributed by atoms with Crippen LogP contribution in [0.2, 0.25) is 13.1 Å². The predicted molar refractivity (Wildman–Crippen MR) is 220 cm³/mol. The monoisotopic (exact) mass is 822 g/mol. The van der Waals surface area contributed by atoms with Gasteiger partial charge < -0.3 is 24.8 Å². The van der Waals surface area contributed by atoms with Crippen molar-refractivity contribution in [2.24, 2.45) is 0 Å². The summed E-state index contributed by atoms with van der Waals surface area (Å²) >= 11 is 1.74. The van der Waals surface area contributed by atoms with E-state index in [0.717, 1.165) is 12.3 Å². The number of halogens is 2. The standard InChI is InChI=1S/C25H29.C21H23.C2H6Si.2ClH.Zr/c1-25(2,3)22-14-12-19(13-15-22)23-11-7-10-20-16-21(17-24(20)23)18-8-5-4-6-9-18;1-5-15-13-17-7-6-8-19(20(17)14-15)16-9-11-18(12-10-16)21(2,3)4;1-3-2;;;/h7,10-18H,4-6,8-9H2,1-3H3;6-14H,5H2,1-4H3;1-2H3;2*1H;/q2*-1;;;;+2/p-2. The second kappa shape index (κ2) is 19.4. The minimum absolute atomic E-state index is 0. The maximum atomic E-state index is 2.47. The van der Waals surface area contributed by atoms with Gasteiger partial charge in [0.25, 0.3) is 0 Å². The molecule has 0 nitrogen and oxygen atoms in total. The Hall–Kier alpha value is -2.22. The van der Waals surface area contributed by atoms with E-state index in [2.05, 4.69) is 171 Å². The van der Waals surface area contributed by atoms with Crippen molar-refractivity contribution < 1.29 is 48.1 Å². The van der Waals surface area contributed by atoms with Crippen LogP contribution in [0.15, 0.2) is 109 Å². The third-order valence-electron chi connectivity index (χ3n) is 10.2. The van der Waals surface area contributed by atoms with Gasteiger partial charge in [0.15, 0.2) is 0 Å². The van der Waals surface area contributed by atoms with Gasteiger partial charge in [0.2, 0.25) is 0 Å². The van der Waals surface area contributed by atoms with Gasteiger partial charge in [-0.15, -0.1) is 69.1 Å². The molecule has 0 amide bonds. The van der Waals surface area contributed by atoms with Gasteiger partial charge in [0.05, 0.1) is 0 Å². The van der Waals surface area contributed by atoms with Crippen LogP contribution in [0.4, 0.5) is 0 Å². The van der Waals surface area contributed by atoms with Crippen LogP contribution in [0, 0.1) is 0 Å². The van der Waals surface area contributed by atoms with Gasteiger partial charge in [0, 0.05) is 0 Å². The first-order chi connectivity index (χ1) is 23.7. The predicted octanol–water partition coefficient (Wildman–Crippen LogP) is 8.45. The minimum Gasteiger partial charge on any atom is -1.00 e. The molecule has 0 aromatic heterocycles. The summed E-state index contributed by atoms with van der Waals surface area (Å²) < 4.78 is 0. The van der Waals surface area contributed by atoms with E-state index in [-0.39, 0.29) is 41.1 Å². The molecule has 1 aliphatic rings. The van der Waals surface area contributed by atoms with Crippen LogP contribution >= 0.6 is 0 Å². The van der Waals surface area contributed by atoms with Gasteiger partial charge in [-0.05, 0) is 58.3 Å². The SMILES string of the molecule is CC(C)(C)c1ccc(-c2cccc3[cH-]c(C4CCCCC4)cc23)cc1.CCc1cc2c(-c3ccc(C(C)(C)C)cc3)cccc2[cH-]1.C[Si](C)=[Zr+2].[Cl-].[Cl-]. The average Bonchev–Trinajstić information content (AvgIpc) is 3.73. The second-order valence-corrected chi connectivity index (χ2v) is 26.0. The van der Waals surface area contributed by atoms with E-state index < -0.39 is 0 Å². The molecule has 0 heterocycles. The van der Waals surface area contributed by atoms with Crippen molar-refractivity contribution in [1.29, 1.82) is 0 Å². The third-order valence-corrected chi connectivity index (χ3v) is 10.2. The van der Waals surface area contributed by atoms with Crippen LogP contribution in [0.3, 0.4) is 0 Å². The van der Waals surface area contributed by atoms with E-state index in [9.17, 15) is 0 Å². The summed E-state index contributed by atoms with van der Waals surface area (Å²) in [6.45, 7) is 20.4. The molecular weight excluding hydrogens is 767 g/mol. The topological polar surface area (TPSA) is 0 Å². The van der Waals surface area contributed by atoms with Crippen molar-refractivity contribution in [2.45, 2.75) is 117 Å². The Bertz CT molecular complexity index is 2000. The Morgan fingerprint density at radius 1 is 0.615 bits per heavy atom. The van der Waals surface area contributed by atoms with Crippen molar-refractivity contribution in [2.75, 3.05) is 0 Å². The van der Waals surface area contributed by atoms with Gasteiger partial charge in [-0.1, -0.05) is 140 Å². The first-order valence-electron chi connectivity index (χ1n) is 18.9. The Balaban J connectivity index is 0.000000249. The third kappa shape index (κ3) is 11.4. The largest absolute Gasteiger partial charge is 1.00 e. The van der Waals surface area contributed by atoms with Crippen LogP contribution in [-0.4, -0.2) is 5.43 Å². The van der Waals surface area contributed by atoms with Crippen LogP contribution < -0.4 is 24.8 Å². The quantitative estimate of drug-likeness (QED) is 0.124. The minimum atomic E-state index is 0. The van der Waals surface area contributed by atoms with Gasteiger partial charge in [0.1, 0.15) is 0 Å². The maximum Gasteiger partial charge on any atom is -1.00 e. The van der Waals surface area contributed by atoms with Gasteiger partial charge in [-0.3, -0.25) is 0 Å². The van der Waals surface area contributed by atoms with E-state index in [4.69, 9.17) is 0 Å². The number of aryl methyl sites for hydroxylation is 1. The Morgan fingerprint density at radius 3 is 1.46 bits per heavy atom. The van der Waals surface area contributed by atoms with Crippen molar-refractivity contribution in [3.63, 3.8) is 0 Å². The number of hydrogen-bond donors (Lipinski definition) is 0. The smallest absolute Gasteiger partial charge is 1.00 e. The second-order valence-electron chi connectivity index (χ2n) is 16.6. The van der Waals surface area contributed by atoms with Crippen molar-refractivity contribution >= 4 is 27.0 Å². The Labute approximate surface area is 343 Å². The zero-order valence-corrected chi connectivity index (χ0v) is 37.9. The van der Waals surface area contributed by atoms with Gasteiger partial charge >= 0.3 is 41.9 Å². The fraction of sp³-hybridized carbons (Fsp3) is 0.375. The first kappa shape index (κ1) is 44.2. The summed E-state index contributed by atoms with van der Waals surface area (Å²) in [6, 6.07) is 41.1. The molecule has 0 radical (unpaired) electrons. The molecule has 7 rings (SSSR count). The Kier molecular flexibility index (Phi) is 16.5. The summed E-state index contributed by atoms with van der Waals surface area (Å²) in [6.07, 6.45) is 8.04. The molecule has 6 aromatic carbocycles. The molecule has 0 unspecified atom stereocenters. The fourth-order valence-electron chi connectivity index (χ4n) is 7.23. The molecule has 0 N–H and O–H groups in total. The summed E-state index contributed by atoms with van der Waals surface area (Å²) in [5.41, 5.74) is 11.7. The number of rotatable bonds is 4. The molecule has 0 aliphatic heterocycles. The van der Waals surface area contributed by atoms with E-state index >= 15 is 0 Å². The molecular formula is C48H58Cl2SiZr-2. The van der Waals surface area contributed by atoms with E-state index in [1.54, 1.807) is 28.9 Å². The molecule has 52 heavy (non-hydrogen) atoms. The Morgan fingerprint density at radius 2 is 1.04 bits per heavy atom. The summed E-state index contributed by atoms with van der Waals surface area (Å²) in [7, 11) is 0. The summed E-state index contributed by atoms with van der Waals surface area (Å²) in [5.74, 6) is 0.775. The molecule has 1 fully saturated rings. The number of fused-ring (bicyclic) bond motifs is 2. The normalized spacial score (nSPS) is 13.3. The van der Waals surface area contributed by atoms with Crippen LogP contribution in [0.1, 0.15) is 109 Å². The molecule has 6 aromatic rings. The van der Waals surface area contributed by atoms with E-state index in [0.29, 0.717) is 0 Å². The van der Waals surface area contributed by atoms with Crippen molar-refractivity contribution in [3.8, 4) is 22.3 Å². The van der Waals surface area contributed by atoms with Crippen molar-refractivity contribution in [1.82, 2.24) is 0 Å². The van der Waals surface area contributed by atoms with Gasteiger partial charge in [-0.25, -0.2) is 0 Å². The molecule has 4 heteroatoms. The van der Waals surface area contributed by atoms with Crippen LogP contribution in [0.25, 0.3) is 43.8 Å². The van der Waals surface area contributed by atoms with Crippen LogP contribution in [-0.2, 0) is 40.6 Å². The zero-order chi connectivity index (χ0) is 36.1. The first-order valence-corrected chi connectivity index (χ1v) is 25.0. The maximum absolute atomic E-state index is 2.47. The molecule has 0 bridgehead atoms. The van der Waals surface area contributed by atoms with E-state index in [1.165, 1.54) is 92.6 Å². The zero-order valence-electron chi connectivity index (χ0n) is 33.0. The van der Waals surface area contributed by atoms with Gasteiger partial charge in [-0.2, -0.15) is 12.1 Å². The van der Waals surface area contributed by atoms with Crippen LogP contribution in [0.5, 0.6) is 0 Å². The molecule has 1 saturated carbocycles. The number of hydrogen-bond acceptors (Lipinski definition) is 0. The number of benzene rings is 4. The average molecular weight is 825 g/mol. The summed E-state index contributed by atoms with van der Waals surface area (Å²) in [5, 5.41) is 5.55. The molecule has 0 saturated heterocycles. The van der Waals surface area contributed by atoms with E-state index in [1.807, 2.05) is 0 Å². The molecule has 0 atom stereocenters. The summed E-state index contributed by atoms with van der Waals surface area (Å²) in [4.78, 5) is 0. The molecule has 0 spiro atoms.